The minimum absolute atomic E-state index is 0.402. The van der Waals surface area contributed by atoms with Crippen LogP contribution in [-0.2, 0) is 6.54 Å². The van der Waals surface area contributed by atoms with E-state index in [9.17, 15) is 0 Å². The van der Waals surface area contributed by atoms with Crippen molar-refractivity contribution in [3.8, 4) is 0 Å². The van der Waals surface area contributed by atoms with E-state index in [1.54, 1.807) is 12.5 Å². The van der Waals surface area contributed by atoms with Crippen molar-refractivity contribution in [2.75, 3.05) is 5.32 Å². The number of aryl methyl sites for hydroxylation is 1. The highest BCUT2D eigenvalue weighted by Crippen LogP contribution is 2.18. The van der Waals surface area contributed by atoms with Gasteiger partial charge < -0.3 is 15.5 Å². The molecule has 0 aliphatic heterocycles. The quantitative estimate of drug-likeness (QED) is 0.814. The average Bonchev–Trinajstić information content (AvgIpc) is 2.78. The molecular weight excluding hydrogens is 232 g/mol. The molecule has 0 amide bonds. The van der Waals surface area contributed by atoms with Crippen LogP contribution in [0.25, 0.3) is 0 Å². The molecule has 0 unspecified atom stereocenters. The molecule has 0 spiro atoms. The van der Waals surface area contributed by atoms with Crippen molar-refractivity contribution in [2.45, 2.75) is 13.5 Å². The highest BCUT2D eigenvalue weighted by molar-refractivity contribution is 7.80. The van der Waals surface area contributed by atoms with E-state index in [0.717, 1.165) is 16.8 Å². The monoisotopic (exact) mass is 246 g/mol. The van der Waals surface area contributed by atoms with Gasteiger partial charge in [-0.1, -0.05) is 18.3 Å². The largest absolute Gasteiger partial charge is 0.472 e. The molecule has 0 saturated carbocycles. The van der Waals surface area contributed by atoms with Gasteiger partial charge in [-0.25, -0.2) is 0 Å². The molecular formula is C13H14N2OS. The predicted octanol–water partition coefficient (Wildman–Crippen LogP) is 2.83. The fraction of sp³-hybridized carbons (Fsp3) is 0.154. The van der Waals surface area contributed by atoms with E-state index >= 15 is 0 Å². The third kappa shape index (κ3) is 2.85. The lowest BCUT2D eigenvalue weighted by Gasteiger charge is -2.11. The maximum atomic E-state index is 5.69. The molecule has 4 heteroatoms. The Bertz CT molecular complexity index is 520. The molecule has 2 rings (SSSR count). The molecule has 3 N–H and O–H groups in total. The van der Waals surface area contributed by atoms with E-state index in [1.807, 2.05) is 31.2 Å². The summed E-state index contributed by atoms with van der Waals surface area (Å²) in [5, 5.41) is 3.31. The van der Waals surface area contributed by atoms with Crippen LogP contribution in [0.5, 0.6) is 0 Å². The van der Waals surface area contributed by atoms with Crippen molar-refractivity contribution in [1.29, 1.82) is 0 Å². The maximum absolute atomic E-state index is 5.69. The van der Waals surface area contributed by atoms with Crippen molar-refractivity contribution < 1.29 is 4.42 Å². The Kier molecular flexibility index (Phi) is 3.44. The van der Waals surface area contributed by atoms with Crippen molar-refractivity contribution in [2.24, 2.45) is 5.73 Å². The minimum atomic E-state index is 0.402. The Labute approximate surface area is 106 Å². The molecule has 3 nitrogen and oxygen atoms in total. The lowest BCUT2D eigenvalue weighted by atomic mass is 10.1. The smallest absolute Gasteiger partial charge is 0.106 e. The van der Waals surface area contributed by atoms with E-state index in [1.165, 1.54) is 5.56 Å². The second kappa shape index (κ2) is 5.01. The number of hydrogen-bond acceptors (Lipinski definition) is 3. The number of hydrogen-bond donors (Lipinski definition) is 2. The molecule has 0 aliphatic rings. The first kappa shape index (κ1) is 11.7. The Hall–Kier alpha value is -1.81. The molecule has 88 valence electrons. The number of nitrogens with one attached hydrogen (secondary N) is 1. The summed E-state index contributed by atoms with van der Waals surface area (Å²) >= 11 is 5.03. The van der Waals surface area contributed by atoms with E-state index < -0.39 is 0 Å². The van der Waals surface area contributed by atoms with Crippen LogP contribution in [0.2, 0.25) is 0 Å². The first-order valence-electron chi connectivity index (χ1n) is 5.32. The van der Waals surface area contributed by atoms with Crippen LogP contribution in [0.15, 0.2) is 41.2 Å². The Morgan fingerprint density at radius 1 is 1.41 bits per heavy atom. The van der Waals surface area contributed by atoms with Crippen LogP contribution in [0.1, 0.15) is 16.7 Å². The number of anilines is 1. The summed E-state index contributed by atoms with van der Waals surface area (Å²) in [6.45, 7) is 2.72. The first-order valence-corrected chi connectivity index (χ1v) is 5.73. The van der Waals surface area contributed by atoms with Gasteiger partial charge in [0.05, 0.1) is 12.5 Å². The Morgan fingerprint density at radius 3 is 2.88 bits per heavy atom. The predicted molar refractivity (Wildman–Crippen MR) is 73.1 cm³/mol. The van der Waals surface area contributed by atoms with Crippen molar-refractivity contribution in [1.82, 2.24) is 0 Å². The van der Waals surface area contributed by atoms with Crippen LogP contribution >= 0.6 is 12.2 Å². The molecule has 1 aromatic carbocycles. The van der Waals surface area contributed by atoms with Crippen molar-refractivity contribution in [3.63, 3.8) is 0 Å². The summed E-state index contributed by atoms with van der Waals surface area (Å²) in [6.07, 6.45) is 3.37. The topological polar surface area (TPSA) is 51.2 Å². The summed E-state index contributed by atoms with van der Waals surface area (Å²) in [4.78, 5) is 0.402. The molecule has 1 aromatic heterocycles. The van der Waals surface area contributed by atoms with Gasteiger partial charge in [0.15, 0.2) is 0 Å². The van der Waals surface area contributed by atoms with E-state index in [2.05, 4.69) is 5.32 Å². The number of furan rings is 1. The zero-order valence-corrected chi connectivity index (χ0v) is 10.4. The molecule has 2 aromatic rings. The molecule has 0 atom stereocenters. The second-order valence-electron chi connectivity index (χ2n) is 3.90. The van der Waals surface area contributed by atoms with Crippen LogP contribution in [0, 0.1) is 6.92 Å². The molecule has 0 fully saturated rings. The van der Waals surface area contributed by atoms with Gasteiger partial charge in [0.25, 0.3) is 0 Å². The Balaban J connectivity index is 2.19. The van der Waals surface area contributed by atoms with Crippen LogP contribution in [-0.4, -0.2) is 4.99 Å². The van der Waals surface area contributed by atoms with Crippen LogP contribution < -0.4 is 11.1 Å². The SMILES string of the molecule is Cc1ccc(C(N)=S)c(NCc2ccoc2)c1. The van der Waals surface area contributed by atoms with Gasteiger partial charge in [-0.3, -0.25) is 0 Å². The van der Waals surface area contributed by atoms with Gasteiger partial charge in [-0.05, 0) is 30.7 Å². The normalized spacial score (nSPS) is 10.2. The van der Waals surface area contributed by atoms with E-state index in [4.69, 9.17) is 22.4 Å². The summed E-state index contributed by atoms with van der Waals surface area (Å²) in [6, 6.07) is 7.89. The summed E-state index contributed by atoms with van der Waals surface area (Å²) < 4.78 is 5.01. The maximum Gasteiger partial charge on any atom is 0.106 e. The summed E-state index contributed by atoms with van der Waals surface area (Å²) in [5.41, 5.74) is 9.76. The second-order valence-corrected chi connectivity index (χ2v) is 4.34. The van der Waals surface area contributed by atoms with Gasteiger partial charge in [-0.2, -0.15) is 0 Å². The molecule has 0 saturated heterocycles. The zero-order chi connectivity index (χ0) is 12.3. The number of rotatable bonds is 4. The van der Waals surface area contributed by atoms with Gasteiger partial charge >= 0.3 is 0 Å². The van der Waals surface area contributed by atoms with Crippen LogP contribution in [0.4, 0.5) is 5.69 Å². The van der Waals surface area contributed by atoms with E-state index in [-0.39, 0.29) is 0 Å². The molecule has 0 aliphatic carbocycles. The van der Waals surface area contributed by atoms with Crippen molar-refractivity contribution in [3.05, 3.63) is 53.5 Å². The Morgan fingerprint density at radius 2 is 2.24 bits per heavy atom. The van der Waals surface area contributed by atoms with Gasteiger partial charge in [0, 0.05) is 23.4 Å². The van der Waals surface area contributed by atoms with Crippen molar-refractivity contribution >= 4 is 22.9 Å². The van der Waals surface area contributed by atoms with Crippen LogP contribution in [0.3, 0.4) is 0 Å². The fourth-order valence-corrected chi connectivity index (χ4v) is 1.79. The summed E-state index contributed by atoms with van der Waals surface area (Å²) in [7, 11) is 0. The highest BCUT2D eigenvalue weighted by atomic mass is 32.1. The molecule has 1 heterocycles. The highest BCUT2D eigenvalue weighted by Gasteiger charge is 2.05. The standard InChI is InChI=1S/C13H14N2OS/c1-9-2-3-11(13(14)17)12(6-9)15-7-10-4-5-16-8-10/h2-6,8,15H,7H2,1H3,(H2,14,17). The number of thiocarbonyl (C=S) groups is 1. The van der Waals surface area contributed by atoms with Gasteiger partial charge in [0.2, 0.25) is 0 Å². The number of benzene rings is 1. The average molecular weight is 246 g/mol. The van der Waals surface area contributed by atoms with Gasteiger partial charge in [0.1, 0.15) is 4.99 Å². The third-order valence-corrected chi connectivity index (χ3v) is 2.72. The molecule has 0 bridgehead atoms. The fourth-order valence-electron chi connectivity index (χ4n) is 1.61. The lowest BCUT2D eigenvalue weighted by Crippen LogP contribution is -2.13. The number of nitrogens with two attached hydrogens (primary N) is 1. The lowest BCUT2D eigenvalue weighted by molar-refractivity contribution is 0.564. The first-order chi connectivity index (χ1) is 8.16. The minimum Gasteiger partial charge on any atom is -0.472 e. The molecule has 0 radical (unpaired) electrons. The van der Waals surface area contributed by atoms with Gasteiger partial charge in [-0.15, -0.1) is 0 Å². The van der Waals surface area contributed by atoms with E-state index in [0.29, 0.717) is 11.5 Å². The zero-order valence-electron chi connectivity index (χ0n) is 9.57. The summed E-state index contributed by atoms with van der Waals surface area (Å²) in [5.74, 6) is 0. The third-order valence-electron chi connectivity index (χ3n) is 2.50. The molecule has 17 heavy (non-hydrogen) atoms.